The standard InChI is InChI=1S/C10H9IN2/c1-6-7-4-2-3-5-8(7)9(11)10(12)13-6/h2-5H,1H3,(H2,12,13). The minimum atomic E-state index is 0.622. The monoisotopic (exact) mass is 284 g/mol. The first-order valence-corrected chi connectivity index (χ1v) is 5.08. The number of rotatable bonds is 0. The molecule has 0 radical (unpaired) electrons. The molecule has 0 bridgehead atoms. The number of benzene rings is 1. The number of anilines is 1. The highest BCUT2D eigenvalue weighted by Crippen LogP contribution is 2.25. The Morgan fingerprint density at radius 2 is 1.85 bits per heavy atom. The number of nitrogens with zero attached hydrogens (tertiary/aromatic N) is 1. The van der Waals surface area contributed by atoms with E-state index in [9.17, 15) is 0 Å². The van der Waals surface area contributed by atoms with Gasteiger partial charge in [-0.15, -0.1) is 0 Å². The van der Waals surface area contributed by atoms with Crippen molar-refractivity contribution in [3.8, 4) is 0 Å². The van der Waals surface area contributed by atoms with E-state index in [4.69, 9.17) is 5.73 Å². The summed E-state index contributed by atoms with van der Waals surface area (Å²) in [6, 6.07) is 8.17. The molecule has 0 aliphatic heterocycles. The van der Waals surface area contributed by atoms with Crippen molar-refractivity contribution in [2.75, 3.05) is 5.73 Å². The van der Waals surface area contributed by atoms with E-state index in [1.807, 2.05) is 19.1 Å². The van der Waals surface area contributed by atoms with Gasteiger partial charge in [-0.2, -0.15) is 0 Å². The van der Waals surface area contributed by atoms with Crippen molar-refractivity contribution >= 4 is 39.2 Å². The lowest BCUT2D eigenvalue weighted by molar-refractivity contribution is 1.24. The van der Waals surface area contributed by atoms with Gasteiger partial charge >= 0.3 is 0 Å². The van der Waals surface area contributed by atoms with Gasteiger partial charge in [0.05, 0.1) is 3.57 Å². The zero-order chi connectivity index (χ0) is 9.42. The normalized spacial score (nSPS) is 10.6. The second-order valence-electron chi connectivity index (χ2n) is 2.94. The number of aryl methyl sites for hydroxylation is 1. The number of hydrogen-bond acceptors (Lipinski definition) is 2. The fourth-order valence-electron chi connectivity index (χ4n) is 1.42. The smallest absolute Gasteiger partial charge is 0.137 e. The van der Waals surface area contributed by atoms with E-state index in [2.05, 4.69) is 39.7 Å². The number of pyridine rings is 1. The van der Waals surface area contributed by atoms with Crippen LogP contribution in [0.1, 0.15) is 5.69 Å². The minimum absolute atomic E-state index is 0.622. The van der Waals surface area contributed by atoms with Gasteiger partial charge in [-0.05, 0) is 29.5 Å². The maximum absolute atomic E-state index is 5.77. The van der Waals surface area contributed by atoms with Gasteiger partial charge in [0.2, 0.25) is 0 Å². The van der Waals surface area contributed by atoms with Crippen LogP contribution in [0.25, 0.3) is 10.8 Å². The molecule has 2 nitrogen and oxygen atoms in total. The summed E-state index contributed by atoms with van der Waals surface area (Å²) in [6.07, 6.45) is 0. The van der Waals surface area contributed by atoms with Crippen LogP contribution >= 0.6 is 22.6 Å². The number of nitrogen functional groups attached to an aromatic ring is 1. The molecule has 1 heterocycles. The summed E-state index contributed by atoms with van der Waals surface area (Å²) >= 11 is 2.23. The van der Waals surface area contributed by atoms with Gasteiger partial charge in [0.1, 0.15) is 5.82 Å². The minimum Gasteiger partial charge on any atom is -0.383 e. The molecule has 0 saturated carbocycles. The van der Waals surface area contributed by atoms with Gasteiger partial charge < -0.3 is 5.73 Å². The van der Waals surface area contributed by atoms with E-state index in [0.717, 1.165) is 9.26 Å². The summed E-state index contributed by atoms with van der Waals surface area (Å²) in [5.41, 5.74) is 6.76. The average Bonchev–Trinajstić information content (AvgIpc) is 2.15. The number of aromatic nitrogens is 1. The van der Waals surface area contributed by atoms with Gasteiger partial charge in [0.15, 0.2) is 0 Å². The summed E-state index contributed by atoms with van der Waals surface area (Å²) in [4.78, 5) is 4.27. The van der Waals surface area contributed by atoms with Gasteiger partial charge in [0.25, 0.3) is 0 Å². The molecular formula is C10H9IN2. The van der Waals surface area contributed by atoms with Crippen LogP contribution in [0, 0.1) is 10.5 Å². The van der Waals surface area contributed by atoms with Crippen LogP contribution in [-0.4, -0.2) is 4.98 Å². The Balaban J connectivity index is 2.97. The van der Waals surface area contributed by atoms with E-state index in [-0.39, 0.29) is 0 Å². The van der Waals surface area contributed by atoms with E-state index >= 15 is 0 Å². The third-order valence-corrected chi connectivity index (χ3v) is 3.20. The Kier molecular flexibility index (Phi) is 2.11. The quantitative estimate of drug-likeness (QED) is 0.755. The topological polar surface area (TPSA) is 38.9 Å². The fourth-order valence-corrected chi connectivity index (χ4v) is 2.01. The fraction of sp³-hybridized carbons (Fsp3) is 0.100. The molecule has 3 heteroatoms. The SMILES string of the molecule is Cc1nc(N)c(I)c2ccccc12. The number of halogens is 1. The molecule has 13 heavy (non-hydrogen) atoms. The maximum atomic E-state index is 5.77. The van der Waals surface area contributed by atoms with Crippen LogP contribution in [-0.2, 0) is 0 Å². The van der Waals surface area contributed by atoms with Gasteiger partial charge in [0, 0.05) is 16.5 Å². The zero-order valence-electron chi connectivity index (χ0n) is 7.21. The second kappa shape index (κ2) is 3.14. The highest BCUT2D eigenvalue weighted by atomic mass is 127. The van der Waals surface area contributed by atoms with Crippen LogP contribution in [0.4, 0.5) is 5.82 Å². The van der Waals surface area contributed by atoms with Crippen molar-refractivity contribution in [1.82, 2.24) is 4.98 Å². The molecule has 66 valence electrons. The molecule has 0 aliphatic carbocycles. The Hall–Kier alpha value is -0.840. The highest BCUT2D eigenvalue weighted by Gasteiger charge is 2.05. The van der Waals surface area contributed by atoms with Crippen molar-refractivity contribution in [1.29, 1.82) is 0 Å². The van der Waals surface area contributed by atoms with Crippen molar-refractivity contribution in [3.63, 3.8) is 0 Å². The van der Waals surface area contributed by atoms with E-state index in [1.165, 1.54) is 10.8 Å². The third kappa shape index (κ3) is 1.37. The van der Waals surface area contributed by atoms with Crippen LogP contribution in [0.3, 0.4) is 0 Å². The Morgan fingerprint density at radius 1 is 1.23 bits per heavy atom. The van der Waals surface area contributed by atoms with Crippen LogP contribution in [0.5, 0.6) is 0 Å². The Morgan fingerprint density at radius 3 is 2.54 bits per heavy atom. The van der Waals surface area contributed by atoms with Crippen LogP contribution in [0.15, 0.2) is 24.3 Å². The summed E-state index contributed by atoms with van der Waals surface area (Å²) in [5, 5.41) is 2.37. The molecule has 0 spiro atoms. The maximum Gasteiger partial charge on any atom is 0.137 e. The van der Waals surface area contributed by atoms with E-state index < -0.39 is 0 Å². The molecule has 2 N–H and O–H groups in total. The molecular weight excluding hydrogens is 275 g/mol. The summed E-state index contributed by atoms with van der Waals surface area (Å²) in [7, 11) is 0. The summed E-state index contributed by atoms with van der Waals surface area (Å²) in [5.74, 6) is 0.622. The largest absolute Gasteiger partial charge is 0.383 e. The molecule has 0 aliphatic rings. The first-order valence-electron chi connectivity index (χ1n) is 4.00. The van der Waals surface area contributed by atoms with Crippen LogP contribution < -0.4 is 5.73 Å². The molecule has 2 rings (SSSR count). The highest BCUT2D eigenvalue weighted by molar-refractivity contribution is 14.1. The average molecular weight is 284 g/mol. The lowest BCUT2D eigenvalue weighted by Crippen LogP contribution is -1.97. The van der Waals surface area contributed by atoms with E-state index in [1.54, 1.807) is 0 Å². The molecule has 0 unspecified atom stereocenters. The van der Waals surface area contributed by atoms with Crippen molar-refractivity contribution in [3.05, 3.63) is 33.5 Å². The molecule has 1 aromatic heterocycles. The number of fused-ring (bicyclic) bond motifs is 1. The van der Waals surface area contributed by atoms with Gasteiger partial charge in [-0.1, -0.05) is 24.3 Å². The first-order chi connectivity index (χ1) is 6.20. The number of nitrogens with two attached hydrogens (primary N) is 1. The van der Waals surface area contributed by atoms with Gasteiger partial charge in [-0.3, -0.25) is 0 Å². The molecule has 0 saturated heterocycles. The van der Waals surface area contributed by atoms with Crippen molar-refractivity contribution < 1.29 is 0 Å². The zero-order valence-corrected chi connectivity index (χ0v) is 9.37. The summed E-state index contributed by atoms with van der Waals surface area (Å²) in [6.45, 7) is 1.98. The Bertz CT molecular complexity index is 466. The van der Waals surface area contributed by atoms with Crippen molar-refractivity contribution in [2.45, 2.75) is 6.92 Å². The first kappa shape index (κ1) is 8.74. The third-order valence-electron chi connectivity index (χ3n) is 2.07. The lowest BCUT2D eigenvalue weighted by atomic mass is 10.1. The second-order valence-corrected chi connectivity index (χ2v) is 4.02. The van der Waals surface area contributed by atoms with E-state index in [0.29, 0.717) is 5.82 Å². The van der Waals surface area contributed by atoms with Gasteiger partial charge in [-0.25, -0.2) is 4.98 Å². The molecule has 0 amide bonds. The Labute approximate surface area is 90.3 Å². The molecule has 0 fully saturated rings. The van der Waals surface area contributed by atoms with Crippen LogP contribution in [0.2, 0.25) is 0 Å². The molecule has 0 atom stereocenters. The lowest BCUT2D eigenvalue weighted by Gasteiger charge is -2.05. The molecule has 1 aromatic carbocycles. The predicted molar refractivity (Wildman–Crippen MR) is 63.6 cm³/mol. The molecule has 2 aromatic rings. The predicted octanol–water partition coefficient (Wildman–Crippen LogP) is 2.73. The van der Waals surface area contributed by atoms with Crippen molar-refractivity contribution in [2.24, 2.45) is 0 Å². The number of hydrogen-bond donors (Lipinski definition) is 1. The summed E-state index contributed by atoms with van der Waals surface area (Å²) < 4.78 is 1.04.